The molecule has 0 spiro atoms. The largest absolute Gasteiger partial charge is 0.372 e. The Kier molecular flexibility index (Phi) is 5.98. The second kappa shape index (κ2) is 8.82. The van der Waals surface area contributed by atoms with Crippen molar-refractivity contribution in [3.05, 3.63) is 107 Å². The highest BCUT2D eigenvalue weighted by molar-refractivity contribution is 5.88. The number of primary amides is 1. The number of nitrogens with zero attached hydrogens (tertiary/aromatic N) is 1. The molecule has 1 fully saturated rings. The minimum atomic E-state index is -1.86. The van der Waals surface area contributed by atoms with Crippen LogP contribution in [0.25, 0.3) is 0 Å². The molecule has 1 heterocycles. The van der Waals surface area contributed by atoms with Gasteiger partial charge >= 0.3 is 0 Å². The Balaban J connectivity index is 1.70. The Morgan fingerprint density at radius 3 is 2.17 bits per heavy atom. The lowest BCUT2D eigenvalue weighted by atomic mass is 9.82. The molecule has 154 valence electrons. The molecule has 0 aromatic heterocycles. The minimum Gasteiger partial charge on any atom is -0.372 e. The average molecular weight is 401 g/mol. The van der Waals surface area contributed by atoms with Crippen LogP contribution in [0.15, 0.2) is 84.9 Å². The molecular weight excluding hydrogens is 372 g/mol. The normalized spacial score (nSPS) is 17.0. The van der Waals surface area contributed by atoms with Gasteiger partial charge in [-0.05, 0) is 48.2 Å². The topological polar surface area (TPSA) is 66.6 Å². The lowest BCUT2D eigenvalue weighted by Crippen LogP contribution is -2.42. The standard InChI is InChI=1S/C26H28N2O2/c27-25(29)26(30,23-12-5-2-6-13-23)24-14-7-11-21(18-24)22(19-28-15-8-16-28)17-20-9-3-1-4-10-20/h1-7,9-14,18,22,30H,8,15-17,19H2,(H2,27,29). The first kappa shape index (κ1) is 20.3. The molecule has 3 aromatic carbocycles. The summed E-state index contributed by atoms with van der Waals surface area (Å²) in [5.74, 6) is -0.506. The van der Waals surface area contributed by atoms with E-state index < -0.39 is 11.5 Å². The van der Waals surface area contributed by atoms with Gasteiger partial charge in [-0.1, -0.05) is 84.9 Å². The van der Waals surface area contributed by atoms with Crippen molar-refractivity contribution in [2.45, 2.75) is 24.4 Å². The van der Waals surface area contributed by atoms with E-state index in [9.17, 15) is 9.90 Å². The number of hydrogen-bond donors (Lipinski definition) is 2. The molecule has 1 saturated heterocycles. The molecule has 1 amide bonds. The number of likely N-dealkylation sites (tertiary alicyclic amines) is 1. The van der Waals surface area contributed by atoms with Crippen molar-refractivity contribution in [1.82, 2.24) is 4.90 Å². The molecule has 2 unspecified atom stereocenters. The van der Waals surface area contributed by atoms with Crippen LogP contribution >= 0.6 is 0 Å². The Hall–Kier alpha value is -2.95. The van der Waals surface area contributed by atoms with Gasteiger partial charge in [-0.2, -0.15) is 0 Å². The van der Waals surface area contributed by atoms with E-state index in [0.29, 0.717) is 11.1 Å². The van der Waals surface area contributed by atoms with Crippen LogP contribution in [0.5, 0.6) is 0 Å². The van der Waals surface area contributed by atoms with Gasteiger partial charge in [-0.3, -0.25) is 4.79 Å². The molecule has 1 aliphatic rings. The number of aliphatic hydroxyl groups is 1. The van der Waals surface area contributed by atoms with Crippen LogP contribution < -0.4 is 5.73 Å². The second-order valence-electron chi connectivity index (χ2n) is 8.11. The van der Waals surface area contributed by atoms with Crippen molar-refractivity contribution in [2.75, 3.05) is 19.6 Å². The summed E-state index contributed by atoms with van der Waals surface area (Å²) in [7, 11) is 0. The van der Waals surface area contributed by atoms with Crippen LogP contribution in [0.1, 0.15) is 34.6 Å². The number of nitrogens with two attached hydrogens (primary N) is 1. The van der Waals surface area contributed by atoms with E-state index in [-0.39, 0.29) is 5.92 Å². The molecule has 3 N–H and O–H groups in total. The maximum Gasteiger partial charge on any atom is 0.258 e. The first-order valence-corrected chi connectivity index (χ1v) is 10.5. The van der Waals surface area contributed by atoms with Gasteiger partial charge in [0.05, 0.1) is 0 Å². The summed E-state index contributed by atoms with van der Waals surface area (Å²) in [6.07, 6.45) is 2.15. The van der Waals surface area contributed by atoms with E-state index in [1.54, 1.807) is 30.3 Å². The number of rotatable bonds is 8. The fraction of sp³-hybridized carbons (Fsp3) is 0.269. The molecule has 1 aliphatic heterocycles. The zero-order valence-electron chi connectivity index (χ0n) is 17.1. The van der Waals surface area contributed by atoms with Crippen molar-refractivity contribution >= 4 is 5.91 Å². The molecule has 0 radical (unpaired) electrons. The predicted octanol–water partition coefficient (Wildman–Crippen LogP) is 3.44. The van der Waals surface area contributed by atoms with E-state index in [1.165, 1.54) is 12.0 Å². The average Bonchev–Trinajstić information content (AvgIpc) is 2.76. The van der Waals surface area contributed by atoms with E-state index in [1.807, 2.05) is 24.3 Å². The third-order valence-electron chi connectivity index (χ3n) is 6.08. The zero-order valence-corrected chi connectivity index (χ0v) is 17.1. The minimum absolute atomic E-state index is 0.264. The molecular formula is C26H28N2O2. The first-order chi connectivity index (χ1) is 14.6. The fourth-order valence-electron chi connectivity index (χ4n) is 4.21. The fourth-order valence-corrected chi connectivity index (χ4v) is 4.21. The summed E-state index contributed by atoms with van der Waals surface area (Å²) in [5.41, 5.74) is 7.23. The summed E-state index contributed by atoms with van der Waals surface area (Å²) in [6, 6.07) is 27.1. The van der Waals surface area contributed by atoms with E-state index in [2.05, 4.69) is 35.2 Å². The smallest absolute Gasteiger partial charge is 0.258 e. The van der Waals surface area contributed by atoms with Crippen molar-refractivity contribution in [3.63, 3.8) is 0 Å². The molecule has 0 bridgehead atoms. The molecule has 3 aromatic rings. The Bertz CT molecular complexity index is 986. The van der Waals surface area contributed by atoms with Crippen LogP contribution in [-0.4, -0.2) is 35.5 Å². The lowest BCUT2D eigenvalue weighted by molar-refractivity contribution is -0.133. The summed E-state index contributed by atoms with van der Waals surface area (Å²) >= 11 is 0. The molecule has 0 saturated carbocycles. The molecule has 4 heteroatoms. The van der Waals surface area contributed by atoms with E-state index in [4.69, 9.17) is 5.73 Å². The zero-order chi connectivity index (χ0) is 21.0. The predicted molar refractivity (Wildman–Crippen MR) is 119 cm³/mol. The summed E-state index contributed by atoms with van der Waals surface area (Å²) < 4.78 is 0. The van der Waals surface area contributed by atoms with Crippen LogP contribution in [0.2, 0.25) is 0 Å². The molecule has 2 atom stereocenters. The highest BCUT2D eigenvalue weighted by Crippen LogP contribution is 2.33. The van der Waals surface area contributed by atoms with Crippen molar-refractivity contribution in [3.8, 4) is 0 Å². The van der Waals surface area contributed by atoms with Gasteiger partial charge in [0.1, 0.15) is 0 Å². The Labute approximate surface area is 178 Å². The monoisotopic (exact) mass is 400 g/mol. The lowest BCUT2D eigenvalue weighted by Gasteiger charge is -2.35. The highest BCUT2D eigenvalue weighted by Gasteiger charge is 2.38. The van der Waals surface area contributed by atoms with Crippen LogP contribution in [0, 0.1) is 0 Å². The van der Waals surface area contributed by atoms with Gasteiger partial charge in [-0.15, -0.1) is 0 Å². The van der Waals surface area contributed by atoms with Crippen molar-refractivity contribution in [1.29, 1.82) is 0 Å². The summed E-state index contributed by atoms with van der Waals surface area (Å²) in [5, 5.41) is 11.4. The SMILES string of the molecule is NC(=O)C(O)(c1ccccc1)c1cccc(C(Cc2ccccc2)CN2CCC2)c1. The first-order valence-electron chi connectivity index (χ1n) is 10.5. The van der Waals surface area contributed by atoms with Gasteiger partial charge in [0.2, 0.25) is 0 Å². The van der Waals surface area contributed by atoms with Gasteiger partial charge < -0.3 is 15.7 Å². The summed E-state index contributed by atoms with van der Waals surface area (Å²) in [4.78, 5) is 14.8. The van der Waals surface area contributed by atoms with Gasteiger partial charge in [0, 0.05) is 12.5 Å². The number of amides is 1. The molecule has 4 nitrogen and oxygen atoms in total. The number of hydrogen-bond acceptors (Lipinski definition) is 3. The van der Waals surface area contributed by atoms with E-state index in [0.717, 1.165) is 31.6 Å². The van der Waals surface area contributed by atoms with Crippen molar-refractivity contribution < 1.29 is 9.90 Å². The van der Waals surface area contributed by atoms with Gasteiger partial charge in [0.15, 0.2) is 5.60 Å². The second-order valence-corrected chi connectivity index (χ2v) is 8.11. The number of carbonyl (C=O) groups excluding carboxylic acids is 1. The highest BCUT2D eigenvalue weighted by atomic mass is 16.3. The summed E-state index contributed by atoms with van der Waals surface area (Å²) in [6.45, 7) is 3.21. The molecule has 0 aliphatic carbocycles. The quantitative estimate of drug-likeness (QED) is 0.609. The number of carbonyl (C=O) groups is 1. The Morgan fingerprint density at radius 1 is 0.933 bits per heavy atom. The van der Waals surface area contributed by atoms with Crippen molar-refractivity contribution in [2.24, 2.45) is 5.73 Å². The van der Waals surface area contributed by atoms with Crippen LogP contribution in [0.4, 0.5) is 0 Å². The maximum absolute atomic E-state index is 12.4. The van der Waals surface area contributed by atoms with Gasteiger partial charge in [-0.25, -0.2) is 0 Å². The Morgan fingerprint density at radius 2 is 1.57 bits per heavy atom. The maximum atomic E-state index is 12.4. The molecule has 4 rings (SSSR count). The van der Waals surface area contributed by atoms with Crippen LogP contribution in [-0.2, 0) is 16.8 Å². The molecule has 30 heavy (non-hydrogen) atoms. The third kappa shape index (κ3) is 4.16. The van der Waals surface area contributed by atoms with Gasteiger partial charge in [0.25, 0.3) is 5.91 Å². The van der Waals surface area contributed by atoms with E-state index >= 15 is 0 Å². The van der Waals surface area contributed by atoms with Crippen LogP contribution in [0.3, 0.4) is 0 Å². The number of benzene rings is 3. The third-order valence-corrected chi connectivity index (χ3v) is 6.08.